The second-order valence-electron chi connectivity index (χ2n) is 6.62. The summed E-state index contributed by atoms with van der Waals surface area (Å²) in [6, 6.07) is 9.27. The Morgan fingerprint density at radius 2 is 1.91 bits per heavy atom. The van der Waals surface area contributed by atoms with Crippen LogP contribution in [0.4, 0.5) is 13.2 Å². The molecular weight excluding hydrogens is 443 g/mol. The van der Waals surface area contributed by atoms with Crippen LogP contribution < -0.4 is 10.4 Å². The standard InChI is InChI=1S/C21H14F3N5O2S/c22-16-2-1-3-17(23)15(16)9-28-12-26-29(21(28)30)14-4-5-19(18(24)8-14)31-10-13-11-32-20(27-13)6-7-25/h1-5,8,11-12H,6,9-10H2. The smallest absolute Gasteiger partial charge is 0.350 e. The first-order valence-corrected chi connectivity index (χ1v) is 10.1. The largest absolute Gasteiger partial charge is 0.484 e. The van der Waals surface area contributed by atoms with Crippen LogP contribution in [0.5, 0.6) is 5.75 Å². The molecule has 2 aromatic carbocycles. The topological polar surface area (TPSA) is 85.7 Å². The number of aromatic nitrogens is 4. The van der Waals surface area contributed by atoms with Gasteiger partial charge >= 0.3 is 5.69 Å². The summed E-state index contributed by atoms with van der Waals surface area (Å²) in [5.41, 5.74) is -0.270. The monoisotopic (exact) mass is 457 g/mol. The lowest BCUT2D eigenvalue weighted by atomic mass is 10.2. The summed E-state index contributed by atoms with van der Waals surface area (Å²) in [6.45, 7) is -0.344. The third-order valence-electron chi connectivity index (χ3n) is 4.49. The highest BCUT2D eigenvalue weighted by molar-refractivity contribution is 7.09. The van der Waals surface area contributed by atoms with Crippen LogP contribution in [0.25, 0.3) is 5.69 Å². The van der Waals surface area contributed by atoms with E-state index in [1.165, 1.54) is 29.5 Å². The van der Waals surface area contributed by atoms with Gasteiger partial charge in [-0.25, -0.2) is 22.9 Å². The number of rotatable bonds is 7. The van der Waals surface area contributed by atoms with Gasteiger partial charge in [0.1, 0.15) is 29.6 Å². The molecule has 162 valence electrons. The second-order valence-corrected chi connectivity index (χ2v) is 7.57. The summed E-state index contributed by atoms with van der Waals surface area (Å²) in [5.74, 6) is -2.34. The number of nitriles is 1. The van der Waals surface area contributed by atoms with Gasteiger partial charge in [0.25, 0.3) is 0 Å². The number of hydrogen-bond acceptors (Lipinski definition) is 6. The zero-order chi connectivity index (χ0) is 22.7. The maximum Gasteiger partial charge on any atom is 0.350 e. The molecule has 32 heavy (non-hydrogen) atoms. The number of ether oxygens (including phenoxy) is 1. The Bertz CT molecular complexity index is 1350. The molecule has 0 aliphatic carbocycles. The molecule has 0 atom stereocenters. The predicted octanol–water partition coefficient (Wildman–Crippen LogP) is 3.60. The lowest BCUT2D eigenvalue weighted by Crippen LogP contribution is -2.24. The summed E-state index contributed by atoms with van der Waals surface area (Å²) in [6.07, 6.45) is 1.32. The van der Waals surface area contributed by atoms with Gasteiger partial charge in [0.05, 0.1) is 30.4 Å². The van der Waals surface area contributed by atoms with Gasteiger partial charge in [-0.15, -0.1) is 11.3 Å². The molecule has 0 N–H and O–H groups in total. The first-order valence-electron chi connectivity index (χ1n) is 9.26. The highest BCUT2D eigenvalue weighted by Gasteiger charge is 2.15. The van der Waals surface area contributed by atoms with Crippen LogP contribution in [0.3, 0.4) is 0 Å². The Morgan fingerprint density at radius 3 is 2.62 bits per heavy atom. The van der Waals surface area contributed by atoms with Crippen LogP contribution in [0.1, 0.15) is 16.3 Å². The van der Waals surface area contributed by atoms with Gasteiger partial charge < -0.3 is 4.74 Å². The number of halogens is 3. The Morgan fingerprint density at radius 1 is 1.12 bits per heavy atom. The Hall–Kier alpha value is -3.91. The van der Waals surface area contributed by atoms with Crippen molar-refractivity contribution in [3.63, 3.8) is 0 Å². The number of nitrogens with zero attached hydrogens (tertiary/aromatic N) is 5. The van der Waals surface area contributed by atoms with Crippen LogP contribution in [0.2, 0.25) is 0 Å². The second kappa shape index (κ2) is 9.07. The molecule has 0 spiro atoms. The van der Waals surface area contributed by atoms with E-state index in [1.54, 1.807) is 5.38 Å². The normalized spacial score (nSPS) is 10.8. The van der Waals surface area contributed by atoms with E-state index in [4.69, 9.17) is 10.00 Å². The molecule has 0 saturated carbocycles. The van der Waals surface area contributed by atoms with Crippen LogP contribution in [0.15, 0.2) is 52.9 Å². The van der Waals surface area contributed by atoms with Gasteiger partial charge in [-0.1, -0.05) is 6.07 Å². The Labute approximate surface area is 183 Å². The molecule has 0 amide bonds. The maximum atomic E-state index is 14.5. The maximum absolute atomic E-state index is 14.5. The van der Waals surface area contributed by atoms with Crippen molar-refractivity contribution in [2.75, 3.05) is 0 Å². The van der Waals surface area contributed by atoms with Crippen molar-refractivity contribution in [3.8, 4) is 17.5 Å². The van der Waals surface area contributed by atoms with Crippen molar-refractivity contribution in [3.05, 3.63) is 92.3 Å². The van der Waals surface area contributed by atoms with Gasteiger partial charge in [0.15, 0.2) is 11.6 Å². The van der Waals surface area contributed by atoms with Gasteiger partial charge in [-0.2, -0.15) is 15.0 Å². The minimum atomic E-state index is -0.781. The first-order chi connectivity index (χ1) is 15.5. The molecule has 7 nitrogen and oxygen atoms in total. The van der Waals surface area contributed by atoms with E-state index in [-0.39, 0.29) is 36.6 Å². The van der Waals surface area contributed by atoms with Gasteiger partial charge in [-0.05, 0) is 24.3 Å². The van der Waals surface area contributed by atoms with Crippen LogP contribution in [0, 0.1) is 28.8 Å². The zero-order valence-corrected chi connectivity index (χ0v) is 17.2. The van der Waals surface area contributed by atoms with Crippen molar-refractivity contribution < 1.29 is 17.9 Å². The highest BCUT2D eigenvalue weighted by Crippen LogP contribution is 2.21. The summed E-state index contributed by atoms with van der Waals surface area (Å²) >= 11 is 1.32. The average Bonchev–Trinajstić information content (AvgIpc) is 3.36. The first kappa shape index (κ1) is 21.3. The molecule has 0 aliphatic heterocycles. The molecule has 4 rings (SSSR count). The summed E-state index contributed by atoms with van der Waals surface area (Å²) < 4.78 is 49.6. The van der Waals surface area contributed by atoms with E-state index >= 15 is 0 Å². The molecule has 0 radical (unpaired) electrons. The molecule has 11 heteroatoms. The Balaban J connectivity index is 1.50. The fraction of sp³-hybridized carbons (Fsp3) is 0.143. The lowest BCUT2D eigenvalue weighted by molar-refractivity contribution is 0.286. The molecular formula is C21H14F3N5O2S. The molecule has 0 saturated heterocycles. The van der Waals surface area contributed by atoms with E-state index in [2.05, 4.69) is 10.1 Å². The molecule has 2 heterocycles. The molecule has 2 aromatic heterocycles. The Kier molecular flexibility index (Phi) is 6.04. The van der Waals surface area contributed by atoms with Crippen LogP contribution in [-0.4, -0.2) is 19.3 Å². The highest BCUT2D eigenvalue weighted by atomic mass is 32.1. The van der Waals surface area contributed by atoms with E-state index < -0.39 is 23.1 Å². The summed E-state index contributed by atoms with van der Waals surface area (Å²) in [7, 11) is 0. The van der Waals surface area contributed by atoms with Crippen molar-refractivity contribution >= 4 is 11.3 Å². The summed E-state index contributed by atoms with van der Waals surface area (Å²) in [5, 5.41) is 15.0. The molecule has 0 unspecified atom stereocenters. The molecule has 4 aromatic rings. The van der Waals surface area contributed by atoms with Crippen molar-refractivity contribution in [1.29, 1.82) is 5.26 Å². The third-order valence-corrected chi connectivity index (χ3v) is 5.39. The van der Waals surface area contributed by atoms with Gasteiger partial charge in [0, 0.05) is 17.0 Å². The minimum Gasteiger partial charge on any atom is -0.484 e. The molecule has 0 fully saturated rings. The van der Waals surface area contributed by atoms with E-state index in [0.717, 1.165) is 33.8 Å². The van der Waals surface area contributed by atoms with E-state index in [1.807, 2.05) is 6.07 Å². The van der Waals surface area contributed by atoms with Gasteiger partial charge in [0.2, 0.25) is 0 Å². The lowest BCUT2D eigenvalue weighted by Gasteiger charge is -2.07. The molecule has 0 aliphatic rings. The SMILES string of the molecule is N#CCc1nc(COc2ccc(-n3ncn(Cc4c(F)cccc4F)c3=O)cc2F)cs1. The number of hydrogen-bond donors (Lipinski definition) is 0. The van der Waals surface area contributed by atoms with Crippen LogP contribution in [-0.2, 0) is 19.6 Å². The number of benzene rings is 2. The van der Waals surface area contributed by atoms with Gasteiger partial charge in [-0.3, -0.25) is 4.57 Å². The summed E-state index contributed by atoms with van der Waals surface area (Å²) in [4.78, 5) is 16.8. The van der Waals surface area contributed by atoms with Crippen molar-refractivity contribution in [1.82, 2.24) is 19.3 Å². The zero-order valence-electron chi connectivity index (χ0n) is 16.3. The fourth-order valence-corrected chi connectivity index (χ4v) is 3.64. The van der Waals surface area contributed by atoms with Crippen LogP contribution >= 0.6 is 11.3 Å². The quantitative estimate of drug-likeness (QED) is 0.423. The average molecular weight is 457 g/mol. The van der Waals surface area contributed by atoms with Crippen molar-refractivity contribution in [2.24, 2.45) is 0 Å². The van der Waals surface area contributed by atoms with E-state index in [9.17, 15) is 18.0 Å². The minimum absolute atomic E-state index is 0.0149. The molecule has 0 bridgehead atoms. The van der Waals surface area contributed by atoms with Crippen molar-refractivity contribution in [2.45, 2.75) is 19.6 Å². The number of thiazole rings is 1. The predicted molar refractivity (Wildman–Crippen MR) is 109 cm³/mol. The third kappa shape index (κ3) is 4.40. The fourth-order valence-electron chi connectivity index (χ4n) is 2.93. The van der Waals surface area contributed by atoms with E-state index in [0.29, 0.717) is 10.7 Å².